The summed E-state index contributed by atoms with van der Waals surface area (Å²) in [5.74, 6) is 1.19. The van der Waals surface area contributed by atoms with Crippen molar-refractivity contribution in [1.82, 2.24) is 0 Å². The van der Waals surface area contributed by atoms with Gasteiger partial charge in [0.05, 0.1) is 6.10 Å². The summed E-state index contributed by atoms with van der Waals surface area (Å²) in [6, 6.07) is 8.02. The monoisotopic (exact) mass is 220 g/mol. The van der Waals surface area contributed by atoms with Gasteiger partial charge >= 0.3 is 0 Å². The van der Waals surface area contributed by atoms with E-state index < -0.39 is 0 Å². The molecule has 1 rings (SSSR count). The molecule has 2 atom stereocenters. The van der Waals surface area contributed by atoms with Crippen molar-refractivity contribution >= 4 is 6.29 Å². The lowest BCUT2D eigenvalue weighted by molar-refractivity contribution is -0.108. The number of rotatable bonds is 6. The van der Waals surface area contributed by atoms with Crippen LogP contribution in [0, 0.1) is 0 Å². The Kier molecular flexibility index (Phi) is 5.03. The molecule has 0 aliphatic rings. The summed E-state index contributed by atoms with van der Waals surface area (Å²) in [7, 11) is 0. The van der Waals surface area contributed by atoms with Crippen molar-refractivity contribution < 1.29 is 9.53 Å². The summed E-state index contributed by atoms with van der Waals surface area (Å²) in [5.41, 5.74) is 1.18. The van der Waals surface area contributed by atoms with E-state index in [0.29, 0.717) is 6.42 Å². The lowest BCUT2D eigenvalue weighted by Gasteiger charge is -2.14. The summed E-state index contributed by atoms with van der Waals surface area (Å²) >= 11 is 0. The van der Waals surface area contributed by atoms with Crippen LogP contribution in [-0.2, 0) is 4.79 Å². The van der Waals surface area contributed by atoms with E-state index in [1.807, 2.05) is 24.3 Å². The molecule has 0 saturated heterocycles. The fraction of sp³-hybridized carbons (Fsp3) is 0.500. The highest BCUT2D eigenvalue weighted by Crippen LogP contribution is 2.21. The second-order valence-electron chi connectivity index (χ2n) is 4.21. The largest absolute Gasteiger partial charge is 0.491 e. The van der Waals surface area contributed by atoms with Crippen LogP contribution in [0.5, 0.6) is 5.75 Å². The number of aldehydes is 1. The van der Waals surface area contributed by atoms with Crippen molar-refractivity contribution in [2.45, 2.75) is 45.6 Å². The number of carbonyl (C=O) groups excluding carboxylic acids is 1. The Balaban J connectivity index is 2.63. The van der Waals surface area contributed by atoms with E-state index in [-0.39, 0.29) is 12.0 Å². The first-order chi connectivity index (χ1) is 7.67. The third-order valence-corrected chi connectivity index (χ3v) is 2.81. The van der Waals surface area contributed by atoms with Crippen LogP contribution < -0.4 is 4.74 Å². The summed E-state index contributed by atoms with van der Waals surface area (Å²) in [6.45, 7) is 6.22. The van der Waals surface area contributed by atoms with Crippen LogP contribution in [0.3, 0.4) is 0 Å². The first kappa shape index (κ1) is 12.8. The Morgan fingerprint density at radius 2 is 1.88 bits per heavy atom. The summed E-state index contributed by atoms with van der Waals surface area (Å²) < 4.78 is 5.69. The molecule has 1 aromatic carbocycles. The van der Waals surface area contributed by atoms with Crippen molar-refractivity contribution in [1.29, 1.82) is 0 Å². The molecular weight excluding hydrogens is 200 g/mol. The van der Waals surface area contributed by atoms with Gasteiger partial charge in [0, 0.05) is 6.42 Å². The topological polar surface area (TPSA) is 26.3 Å². The molecule has 0 radical (unpaired) electrons. The van der Waals surface area contributed by atoms with Gasteiger partial charge in [-0.15, -0.1) is 0 Å². The Hall–Kier alpha value is -1.31. The molecule has 0 bridgehead atoms. The maximum absolute atomic E-state index is 10.4. The van der Waals surface area contributed by atoms with Crippen LogP contribution in [-0.4, -0.2) is 12.4 Å². The Labute approximate surface area is 97.6 Å². The van der Waals surface area contributed by atoms with Crippen molar-refractivity contribution in [3.63, 3.8) is 0 Å². The first-order valence-electron chi connectivity index (χ1n) is 5.87. The van der Waals surface area contributed by atoms with Crippen LogP contribution in [0.25, 0.3) is 0 Å². The fourth-order valence-electron chi connectivity index (χ4n) is 1.47. The summed E-state index contributed by atoms with van der Waals surface area (Å²) in [6.07, 6.45) is 2.79. The van der Waals surface area contributed by atoms with Gasteiger partial charge in [0.25, 0.3) is 0 Å². The molecule has 1 aromatic rings. The average Bonchev–Trinajstić information content (AvgIpc) is 2.30. The number of hydrogen-bond acceptors (Lipinski definition) is 2. The predicted octanol–water partition coefficient (Wildman–Crippen LogP) is 3.56. The average molecular weight is 220 g/mol. The zero-order chi connectivity index (χ0) is 12.0. The maximum Gasteiger partial charge on any atom is 0.120 e. The molecule has 0 amide bonds. The SMILES string of the molecule is CCC(C)Oc1ccc(C(C)CC=O)cc1. The molecule has 2 unspecified atom stereocenters. The van der Waals surface area contributed by atoms with E-state index in [4.69, 9.17) is 4.74 Å². The molecule has 0 aliphatic heterocycles. The van der Waals surface area contributed by atoms with Crippen LogP contribution in [0.1, 0.15) is 45.1 Å². The highest BCUT2D eigenvalue weighted by atomic mass is 16.5. The lowest BCUT2D eigenvalue weighted by Crippen LogP contribution is -2.09. The molecule has 0 heterocycles. The molecular formula is C14H20O2. The van der Waals surface area contributed by atoms with Gasteiger partial charge in [-0.25, -0.2) is 0 Å². The molecule has 0 saturated carbocycles. The van der Waals surface area contributed by atoms with Crippen molar-refractivity contribution in [3.8, 4) is 5.75 Å². The van der Waals surface area contributed by atoms with Crippen LogP contribution in [0.2, 0.25) is 0 Å². The van der Waals surface area contributed by atoms with Crippen LogP contribution in [0.4, 0.5) is 0 Å². The Bertz CT molecular complexity index is 316. The number of carbonyl (C=O) groups is 1. The molecule has 0 aliphatic carbocycles. The fourth-order valence-corrected chi connectivity index (χ4v) is 1.47. The van der Waals surface area contributed by atoms with E-state index in [1.165, 1.54) is 5.56 Å². The standard InChI is InChI=1S/C14H20O2/c1-4-12(3)16-14-7-5-13(6-8-14)11(2)9-10-15/h5-8,10-12H,4,9H2,1-3H3. The van der Waals surface area contributed by atoms with Crippen molar-refractivity contribution in [3.05, 3.63) is 29.8 Å². The smallest absolute Gasteiger partial charge is 0.120 e. The minimum Gasteiger partial charge on any atom is -0.491 e. The minimum atomic E-state index is 0.248. The summed E-state index contributed by atoms with van der Waals surface area (Å²) in [5, 5.41) is 0. The zero-order valence-electron chi connectivity index (χ0n) is 10.3. The molecule has 0 spiro atoms. The molecule has 2 heteroatoms. The second kappa shape index (κ2) is 6.31. The third-order valence-electron chi connectivity index (χ3n) is 2.81. The summed E-state index contributed by atoms with van der Waals surface area (Å²) in [4.78, 5) is 10.4. The molecule has 16 heavy (non-hydrogen) atoms. The van der Waals surface area contributed by atoms with E-state index in [2.05, 4.69) is 20.8 Å². The van der Waals surface area contributed by atoms with Gasteiger partial charge in [0.2, 0.25) is 0 Å². The molecule has 0 fully saturated rings. The van der Waals surface area contributed by atoms with Gasteiger partial charge in [-0.2, -0.15) is 0 Å². The number of hydrogen-bond donors (Lipinski definition) is 0. The van der Waals surface area contributed by atoms with Crippen molar-refractivity contribution in [2.75, 3.05) is 0 Å². The molecule has 0 aromatic heterocycles. The lowest BCUT2D eigenvalue weighted by atomic mass is 9.99. The van der Waals surface area contributed by atoms with Crippen LogP contribution in [0.15, 0.2) is 24.3 Å². The van der Waals surface area contributed by atoms with Gasteiger partial charge in [-0.05, 0) is 37.0 Å². The number of benzene rings is 1. The second-order valence-corrected chi connectivity index (χ2v) is 4.21. The molecule has 0 N–H and O–H groups in total. The normalized spacial score (nSPS) is 14.2. The van der Waals surface area contributed by atoms with Gasteiger partial charge in [-0.1, -0.05) is 26.0 Å². The molecule has 2 nitrogen and oxygen atoms in total. The first-order valence-corrected chi connectivity index (χ1v) is 5.87. The number of ether oxygens (including phenoxy) is 1. The van der Waals surface area contributed by atoms with E-state index in [0.717, 1.165) is 18.5 Å². The third kappa shape index (κ3) is 3.69. The van der Waals surface area contributed by atoms with Crippen molar-refractivity contribution in [2.24, 2.45) is 0 Å². The highest BCUT2D eigenvalue weighted by Gasteiger charge is 2.05. The highest BCUT2D eigenvalue weighted by molar-refractivity contribution is 5.51. The Morgan fingerprint density at radius 1 is 1.25 bits per heavy atom. The molecule has 88 valence electrons. The quantitative estimate of drug-likeness (QED) is 0.685. The maximum atomic E-state index is 10.4. The minimum absolute atomic E-state index is 0.248. The van der Waals surface area contributed by atoms with Gasteiger partial charge in [0.15, 0.2) is 0 Å². The van der Waals surface area contributed by atoms with Gasteiger partial charge in [0.1, 0.15) is 12.0 Å². The van der Waals surface area contributed by atoms with Gasteiger partial charge < -0.3 is 9.53 Å². The predicted molar refractivity (Wildman–Crippen MR) is 65.9 cm³/mol. The van der Waals surface area contributed by atoms with E-state index in [9.17, 15) is 4.79 Å². The van der Waals surface area contributed by atoms with Gasteiger partial charge in [-0.3, -0.25) is 0 Å². The Morgan fingerprint density at radius 3 is 2.38 bits per heavy atom. The van der Waals surface area contributed by atoms with Crippen LogP contribution >= 0.6 is 0 Å². The van der Waals surface area contributed by atoms with E-state index >= 15 is 0 Å². The zero-order valence-corrected chi connectivity index (χ0v) is 10.3. The van der Waals surface area contributed by atoms with E-state index in [1.54, 1.807) is 0 Å².